The van der Waals surface area contributed by atoms with Crippen molar-refractivity contribution in [3.63, 3.8) is 0 Å². The highest BCUT2D eigenvalue weighted by molar-refractivity contribution is 5.79. The van der Waals surface area contributed by atoms with Crippen molar-refractivity contribution in [3.8, 4) is 22.9 Å². The maximum absolute atomic E-state index is 13.0. The molecule has 7 heteroatoms. The van der Waals surface area contributed by atoms with Gasteiger partial charge in [-0.2, -0.15) is 4.98 Å². The minimum atomic E-state index is 0.175. The van der Waals surface area contributed by atoms with E-state index in [1.807, 2.05) is 23.1 Å². The molecule has 0 bridgehead atoms. The van der Waals surface area contributed by atoms with Crippen LogP contribution in [-0.4, -0.2) is 47.8 Å². The van der Waals surface area contributed by atoms with Gasteiger partial charge in [-0.15, -0.1) is 0 Å². The van der Waals surface area contributed by atoms with E-state index in [1.165, 1.54) is 0 Å². The molecule has 0 spiro atoms. The molecular formula is C22H31N3O4. The number of benzene rings is 1. The van der Waals surface area contributed by atoms with Gasteiger partial charge in [0.1, 0.15) is 0 Å². The zero-order valence-corrected chi connectivity index (χ0v) is 17.8. The molecule has 1 aliphatic carbocycles. The molecule has 0 aliphatic heterocycles. The third kappa shape index (κ3) is 4.89. The van der Waals surface area contributed by atoms with Crippen LogP contribution in [0.25, 0.3) is 11.4 Å². The average Bonchev–Trinajstić information content (AvgIpc) is 3.45. The minimum absolute atomic E-state index is 0.175. The molecule has 0 saturated heterocycles. The second kappa shape index (κ2) is 9.76. The van der Waals surface area contributed by atoms with Crippen molar-refractivity contribution in [3.05, 3.63) is 24.1 Å². The van der Waals surface area contributed by atoms with Gasteiger partial charge in [-0.05, 0) is 44.4 Å². The summed E-state index contributed by atoms with van der Waals surface area (Å²) in [6.45, 7) is 4.81. The highest BCUT2D eigenvalue weighted by Crippen LogP contribution is 2.31. The molecule has 2 aromatic rings. The Morgan fingerprint density at radius 3 is 2.62 bits per heavy atom. The molecule has 7 nitrogen and oxygen atoms in total. The number of hydrogen-bond acceptors (Lipinski definition) is 6. The first-order chi connectivity index (χ1) is 14.1. The van der Waals surface area contributed by atoms with E-state index in [9.17, 15) is 4.79 Å². The smallest absolute Gasteiger partial charge is 0.228 e. The fourth-order valence-corrected chi connectivity index (χ4v) is 3.84. The Labute approximate surface area is 172 Å². The van der Waals surface area contributed by atoms with Crippen molar-refractivity contribution in [1.29, 1.82) is 0 Å². The van der Waals surface area contributed by atoms with E-state index in [2.05, 4.69) is 24.0 Å². The molecule has 1 aromatic carbocycles. The first-order valence-corrected chi connectivity index (χ1v) is 10.4. The summed E-state index contributed by atoms with van der Waals surface area (Å²) in [6.07, 6.45) is 5.81. The molecule has 1 saturated carbocycles. The third-order valence-corrected chi connectivity index (χ3v) is 5.79. The lowest BCUT2D eigenvalue weighted by Gasteiger charge is -2.30. The summed E-state index contributed by atoms with van der Waals surface area (Å²) in [5, 5.41) is 4.10. The molecule has 1 aliphatic rings. The van der Waals surface area contributed by atoms with Crippen molar-refractivity contribution < 1.29 is 18.8 Å². The van der Waals surface area contributed by atoms with Crippen LogP contribution in [0.15, 0.2) is 22.7 Å². The molecule has 158 valence electrons. The van der Waals surface area contributed by atoms with Crippen molar-refractivity contribution in [1.82, 2.24) is 15.0 Å². The summed E-state index contributed by atoms with van der Waals surface area (Å²) in [4.78, 5) is 19.5. The molecule has 1 heterocycles. The molecule has 1 atom stereocenters. The van der Waals surface area contributed by atoms with Gasteiger partial charge in [0.05, 0.1) is 14.2 Å². The van der Waals surface area contributed by atoms with Gasteiger partial charge in [0.15, 0.2) is 11.5 Å². The standard InChI is InChI=1S/C22H31N3O4/c1-5-15(2)25(22(26)16-8-6-7-9-16)13-12-20-23-21(24-29-20)17-10-11-18(27-3)19(14-17)28-4/h10-11,14-16H,5-9,12-13H2,1-4H3/t15-/m0/s1. The van der Waals surface area contributed by atoms with Crippen molar-refractivity contribution in [2.45, 2.75) is 58.4 Å². The van der Waals surface area contributed by atoms with Crippen LogP contribution in [0.5, 0.6) is 11.5 Å². The molecule has 1 amide bonds. The van der Waals surface area contributed by atoms with Gasteiger partial charge in [0, 0.05) is 30.5 Å². The highest BCUT2D eigenvalue weighted by atomic mass is 16.5. The van der Waals surface area contributed by atoms with Crippen LogP contribution in [0.3, 0.4) is 0 Å². The van der Waals surface area contributed by atoms with Gasteiger partial charge in [0.2, 0.25) is 17.6 Å². The highest BCUT2D eigenvalue weighted by Gasteiger charge is 2.29. The van der Waals surface area contributed by atoms with E-state index in [0.717, 1.165) is 37.7 Å². The van der Waals surface area contributed by atoms with E-state index in [4.69, 9.17) is 14.0 Å². The molecule has 3 rings (SSSR count). The van der Waals surface area contributed by atoms with Gasteiger partial charge in [0.25, 0.3) is 0 Å². The van der Waals surface area contributed by atoms with Crippen LogP contribution in [0.1, 0.15) is 51.8 Å². The van der Waals surface area contributed by atoms with Gasteiger partial charge in [-0.25, -0.2) is 0 Å². The largest absolute Gasteiger partial charge is 0.493 e. The van der Waals surface area contributed by atoms with Gasteiger partial charge < -0.3 is 18.9 Å². The Balaban J connectivity index is 1.69. The lowest BCUT2D eigenvalue weighted by Crippen LogP contribution is -2.42. The first-order valence-electron chi connectivity index (χ1n) is 10.4. The second-order valence-electron chi connectivity index (χ2n) is 7.60. The Bertz CT molecular complexity index is 814. The predicted molar refractivity (Wildman–Crippen MR) is 110 cm³/mol. The Kier molecular flexibility index (Phi) is 7.12. The molecule has 0 radical (unpaired) electrons. The van der Waals surface area contributed by atoms with Crippen molar-refractivity contribution >= 4 is 5.91 Å². The van der Waals surface area contributed by atoms with Gasteiger partial charge in [-0.1, -0.05) is 24.9 Å². The summed E-state index contributed by atoms with van der Waals surface area (Å²) in [5.41, 5.74) is 0.790. The summed E-state index contributed by atoms with van der Waals surface area (Å²) in [6, 6.07) is 5.71. The normalized spacial score (nSPS) is 15.3. The van der Waals surface area contributed by atoms with Crippen LogP contribution < -0.4 is 9.47 Å². The fraction of sp³-hybridized carbons (Fsp3) is 0.591. The lowest BCUT2D eigenvalue weighted by molar-refractivity contribution is -0.137. The molecular weight excluding hydrogens is 370 g/mol. The maximum atomic E-state index is 13.0. The summed E-state index contributed by atoms with van der Waals surface area (Å²) in [7, 11) is 3.19. The van der Waals surface area contributed by atoms with E-state index < -0.39 is 0 Å². The van der Waals surface area contributed by atoms with E-state index in [1.54, 1.807) is 14.2 Å². The SMILES string of the molecule is CC[C@H](C)N(CCc1nc(-c2ccc(OC)c(OC)c2)no1)C(=O)C1CCCC1. The molecule has 29 heavy (non-hydrogen) atoms. The van der Waals surface area contributed by atoms with E-state index in [0.29, 0.717) is 36.2 Å². The average molecular weight is 402 g/mol. The van der Waals surface area contributed by atoms with Gasteiger partial charge in [-0.3, -0.25) is 4.79 Å². The van der Waals surface area contributed by atoms with Crippen molar-refractivity contribution in [2.75, 3.05) is 20.8 Å². The second-order valence-corrected chi connectivity index (χ2v) is 7.60. The number of hydrogen-bond donors (Lipinski definition) is 0. The van der Waals surface area contributed by atoms with Crippen LogP contribution in [0.4, 0.5) is 0 Å². The minimum Gasteiger partial charge on any atom is -0.493 e. The molecule has 0 N–H and O–H groups in total. The lowest BCUT2D eigenvalue weighted by atomic mass is 10.0. The Hall–Kier alpha value is -2.57. The number of aromatic nitrogens is 2. The number of carbonyl (C=O) groups is 1. The van der Waals surface area contributed by atoms with Crippen LogP contribution in [0, 0.1) is 5.92 Å². The summed E-state index contributed by atoms with van der Waals surface area (Å²) >= 11 is 0. The van der Waals surface area contributed by atoms with Crippen LogP contribution >= 0.6 is 0 Å². The van der Waals surface area contributed by atoms with Crippen molar-refractivity contribution in [2.24, 2.45) is 5.92 Å². The number of methoxy groups -OCH3 is 2. The number of amides is 1. The Morgan fingerprint density at radius 1 is 1.24 bits per heavy atom. The zero-order chi connectivity index (χ0) is 20.8. The quantitative estimate of drug-likeness (QED) is 0.629. The monoisotopic (exact) mass is 401 g/mol. The topological polar surface area (TPSA) is 77.7 Å². The molecule has 1 fully saturated rings. The van der Waals surface area contributed by atoms with E-state index >= 15 is 0 Å². The fourth-order valence-electron chi connectivity index (χ4n) is 3.84. The number of nitrogens with zero attached hydrogens (tertiary/aromatic N) is 3. The van der Waals surface area contributed by atoms with Crippen LogP contribution in [0.2, 0.25) is 0 Å². The number of rotatable bonds is 9. The number of carbonyl (C=O) groups excluding carboxylic acids is 1. The first kappa shape index (κ1) is 21.1. The van der Waals surface area contributed by atoms with E-state index in [-0.39, 0.29) is 17.9 Å². The third-order valence-electron chi connectivity index (χ3n) is 5.79. The molecule has 0 unspecified atom stereocenters. The predicted octanol–water partition coefficient (Wildman–Crippen LogP) is 4.11. The maximum Gasteiger partial charge on any atom is 0.228 e. The van der Waals surface area contributed by atoms with Gasteiger partial charge >= 0.3 is 0 Å². The molecule has 1 aromatic heterocycles. The summed E-state index contributed by atoms with van der Waals surface area (Å²) in [5.74, 6) is 2.74. The zero-order valence-electron chi connectivity index (χ0n) is 17.8. The van der Waals surface area contributed by atoms with Crippen LogP contribution in [-0.2, 0) is 11.2 Å². The summed E-state index contributed by atoms with van der Waals surface area (Å²) < 4.78 is 16.1. The Morgan fingerprint density at radius 2 is 1.97 bits per heavy atom. The number of ether oxygens (including phenoxy) is 2.